The van der Waals surface area contributed by atoms with E-state index < -0.39 is 0 Å². The molecule has 2 saturated heterocycles. The fraction of sp³-hybridized carbons (Fsp3) is 0.591. The maximum atomic E-state index is 12.7. The van der Waals surface area contributed by atoms with Gasteiger partial charge < -0.3 is 14.8 Å². The van der Waals surface area contributed by atoms with Crippen molar-refractivity contribution in [3.8, 4) is 0 Å². The molecule has 2 atom stereocenters. The zero-order valence-corrected chi connectivity index (χ0v) is 15.9. The first kappa shape index (κ1) is 17.6. The molecule has 0 saturated carbocycles. The van der Waals surface area contributed by atoms with Gasteiger partial charge in [-0.3, -0.25) is 4.79 Å². The molecule has 1 N–H and O–H groups in total. The Labute approximate surface area is 156 Å². The van der Waals surface area contributed by atoms with E-state index in [0.717, 1.165) is 18.5 Å². The first-order chi connectivity index (χ1) is 12.7. The Morgan fingerprint density at radius 3 is 2.96 bits per heavy atom. The summed E-state index contributed by atoms with van der Waals surface area (Å²) in [5, 5.41) is 1.24. The van der Waals surface area contributed by atoms with Crippen LogP contribution in [0.2, 0.25) is 0 Å². The number of carbonyl (C=O) groups is 1. The number of rotatable bonds is 5. The van der Waals surface area contributed by atoms with E-state index in [1.54, 1.807) is 0 Å². The van der Waals surface area contributed by atoms with Crippen molar-refractivity contribution < 1.29 is 4.79 Å². The van der Waals surface area contributed by atoms with E-state index >= 15 is 0 Å². The highest BCUT2D eigenvalue weighted by Gasteiger charge is 2.33. The molecule has 26 heavy (non-hydrogen) atoms. The second-order valence-electron chi connectivity index (χ2n) is 8.14. The normalized spacial score (nSPS) is 23.7. The van der Waals surface area contributed by atoms with Crippen LogP contribution in [0.5, 0.6) is 0 Å². The van der Waals surface area contributed by atoms with Crippen LogP contribution in [0.1, 0.15) is 44.1 Å². The summed E-state index contributed by atoms with van der Waals surface area (Å²) in [4.78, 5) is 20.7. The summed E-state index contributed by atoms with van der Waals surface area (Å²) in [5.74, 6) is 0.939. The number of benzene rings is 1. The summed E-state index contributed by atoms with van der Waals surface area (Å²) in [5.41, 5.74) is 2.40. The zero-order valence-electron chi connectivity index (χ0n) is 15.9. The summed E-state index contributed by atoms with van der Waals surface area (Å²) in [6, 6.07) is 9.04. The van der Waals surface area contributed by atoms with Crippen molar-refractivity contribution in [3.63, 3.8) is 0 Å². The van der Waals surface area contributed by atoms with Crippen molar-refractivity contribution >= 4 is 16.8 Å². The lowest BCUT2D eigenvalue weighted by atomic mass is 9.83. The quantitative estimate of drug-likeness (QED) is 0.887. The minimum atomic E-state index is 0.281. The molecule has 2 aromatic rings. The molecular formula is C22H31N3O. The van der Waals surface area contributed by atoms with Gasteiger partial charge in [0.2, 0.25) is 5.91 Å². The van der Waals surface area contributed by atoms with Crippen LogP contribution in [-0.2, 0) is 11.2 Å². The van der Waals surface area contributed by atoms with Crippen molar-refractivity contribution in [2.24, 2.45) is 5.92 Å². The topological polar surface area (TPSA) is 39.3 Å². The third-order valence-corrected chi connectivity index (χ3v) is 6.45. The first-order valence-electron chi connectivity index (χ1n) is 10.3. The predicted molar refractivity (Wildman–Crippen MR) is 106 cm³/mol. The van der Waals surface area contributed by atoms with Crippen LogP contribution in [0.25, 0.3) is 10.9 Å². The summed E-state index contributed by atoms with van der Waals surface area (Å²) in [7, 11) is 2.00. The van der Waals surface area contributed by atoms with Crippen molar-refractivity contribution in [3.05, 3.63) is 36.0 Å². The molecule has 2 fully saturated rings. The van der Waals surface area contributed by atoms with Crippen LogP contribution in [0.15, 0.2) is 30.5 Å². The number of hydrogen-bond acceptors (Lipinski definition) is 2. The van der Waals surface area contributed by atoms with Gasteiger partial charge in [-0.25, -0.2) is 0 Å². The molecule has 4 rings (SSSR count). The second kappa shape index (κ2) is 7.83. The number of fused-ring (bicyclic) bond motifs is 2. The number of para-hydroxylation sites is 1. The Hall–Kier alpha value is -1.81. The van der Waals surface area contributed by atoms with Crippen LogP contribution in [-0.4, -0.2) is 53.4 Å². The molecule has 1 amide bonds. The van der Waals surface area contributed by atoms with Crippen molar-refractivity contribution in [1.29, 1.82) is 0 Å². The highest BCUT2D eigenvalue weighted by Crippen LogP contribution is 2.31. The fourth-order valence-electron chi connectivity index (χ4n) is 5.01. The Balaban J connectivity index is 1.33. The number of aromatic nitrogens is 1. The second-order valence-corrected chi connectivity index (χ2v) is 8.14. The van der Waals surface area contributed by atoms with Crippen LogP contribution >= 0.6 is 0 Å². The summed E-state index contributed by atoms with van der Waals surface area (Å²) in [6.07, 6.45) is 10.1. The number of aryl methyl sites for hydroxylation is 1. The van der Waals surface area contributed by atoms with Crippen molar-refractivity contribution in [1.82, 2.24) is 14.8 Å². The Morgan fingerprint density at radius 1 is 1.19 bits per heavy atom. The summed E-state index contributed by atoms with van der Waals surface area (Å²) >= 11 is 0. The predicted octanol–water partition coefficient (Wildman–Crippen LogP) is 3.82. The van der Waals surface area contributed by atoms with Crippen LogP contribution in [0.4, 0.5) is 0 Å². The molecule has 3 heterocycles. The number of piperidine rings is 2. The minimum Gasteiger partial charge on any atom is -0.361 e. The molecule has 4 heteroatoms. The molecule has 0 bridgehead atoms. The third kappa shape index (κ3) is 3.66. The lowest BCUT2D eigenvalue weighted by Gasteiger charge is -2.45. The van der Waals surface area contributed by atoms with Crippen molar-refractivity contribution in [2.45, 2.75) is 51.0 Å². The summed E-state index contributed by atoms with van der Waals surface area (Å²) in [6.45, 7) is 3.45. The molecule has 0 radical (unpaired) electrons. The van der Waals surface area contributed by atoms with Crippen LogP contribution < -0.4 is 0 Å². The average Bonchev–Trinajstić information content (AvgIpc) is 3.09. The van der Waals surface area contributed by atoms with Gasteiger partial charge >= 0.3 is 0 Å². The van der Waals surface area contributed by atoms with Crippen LogP contribution in [0, 0.1) is 5.92 Å². The van der Waals surface area contributed by atoms with E-state index in [-0.39, 0.29) is 5.91 Å². The Morgan fingerprint density at radius 2 is 2.04 bits per heavy atom. The van der Waals surface area contributed by atoms with Crippen LogP contribution in [0.3, 0.4) is 0 Å². The largest absolute Gasteiger partial charge is 0.361 e. The Kier molecular flexibility index (Phi) is 5.30. The number of hydrogen-bond donors (Lipinski definition) is 1. The maximum Gasteiger partial charge on any atom is 0.222 e. The van der Waals surface area contributed by atoms with Gasteiger partial charge in [0.15, 0.2) is 0 Å². The number of nitrogens with one attached hydrogen (secondary N) is 1. The number of amides is 1. The van der Waals surface area contributed by atoms with E-state index in [1.807, 2.05) is 18.0 Å². The van der Waals surface area contributed by atoms with Gasteiger partial charge in [0.1, 0.15) is 0 Å². The van der Waals surface area contributed by atoms with E-state index in [0.29, 0.717) is 18.4 Å². The molecule has 2 aliphatic heterocycles. The van der Waals surface area contributed by atoms with Gasteiger partial charge in [-0.15, -0.1) is 0 Å². The monoisotopic (exact) mass is 353 g/mol. The lowest BCUT2D eigenvalue weighted by Crippen LogP contribution is -2.51. The van der Waals surface area contributed by atoms with Crippen molar-refractivity contribution in [2.75, 3.05) is 26.7 Å². The van der Waals surface area contributed by atoms with Gasteiger partial charge in [-0.1, -0.05) is 24.6 Å². The lowest BCUT2D eigenvalue weighted by molar-refractivity contribution is -0.131. The van der Waals surface area contributed by atoms with E-state index in [9.17, 15) is 4.79 Å². The highest BCUT2D eigenvalue weighted by atomic mass is 16.2. The molecule has 1 aromatic carbocycles. The van der Waals surface area contributed by atoms with E-state index in [2.05, 4.69) is 34.3 Å². The van der Waals surface area contributed by atoms with E-state index in [1.165, 1.54) is 56.1 Å². The molecular weight excluding hydrogens is 322 g/mol. The molecule has 140 valence electrons. The number of aromatic amines is 1. The first-order valence-corrected chi connectivity index (χ1v) is 10.3. The molecule has 4 nitrogen and oxygen atoms in total. The number of nitrogens with zero attached hydrogens (tertiary/aromatic N) is 2. The smallest absolute Gasteiger partial charge is 0.222 e. The third-order valence-electron chi connectivity index (χ3n) is 6.45. The molecule has 2 unspecified atom stereocenters. The SMILES string of the molecule is CN(CC1CCCN2CCCCC12)C(=O)CCc1c[nH]c2ccccc12. The minimum absolute atomic E-state index is 0.281. The van der Waals surface area contributed by atoms with Gasteiger partial charge in [0.05, 0.1) is 0 Å². The van der Waals surface area contributed by atoms with Gasteiger partial charge in [-0.2, -0.15) is 0 Å². The van der Waals surface area contributed by atoms with Gasteiger partial charge in [-0.05, 0) is 62.7 Å². The molecule has 0 spiro atoms. The standard InChI is InChI=1S/C22H31N3O/c1-24(16-18-7-6-14-25-13-5-4-10-21(18)25)22(26)12-11-17-15-23-20-9-3-2-8-19(17)20/h2-3,8-9,15,18,21,23H,4-7,10-14,16H2,1H3. The average molecular weight is 354 g/mol. The number of H-pyrrole nitrogens is 1. The van der Waals surface area contributed by atoms with Gasteiger partial charge in [0, 0.05) is 43.2 Å². The fourth-order valence-corrected chi connectivity index (χ4v) is 5.01. The highest BCUT2D eigenvalue weighted by molar-refractivity contribution is 5.84. The molecule has 1 aromatic heterocycles. The summed E-state index contributed by atoms with van der Waals surface area (Å²) < 4.78 is 0. The maximum absolute atomic E-state index is 12.7. The molecule has 2 aliphatic rings. The molecule has 0 aliphatic carbocycles. The Bertz CT molecular complexity index is 751. The number of carbonyl (C=O) groups excluding carboxylic acids is 1. The van der Waals surface area contributed by atoms with E-state index in [4.69, 9.17) is 0 Å². The zero-order chi connectivity index (χ0) is 17.9. The van der Waals surface area contributed by atoms with Gasteiger partial charge in [0.25, 0.3) is 0 Å².